The first kappa shape index (κ1) is 22.1. The average molecular weight is 414 g/mol. The third kappa shape index (κ3) is 4.63. The van der Waals surface area contributed by atoms with Crippen LogP contribution in [-0.2, 0) is 0 Å². The summed E-state index contributed by atoms with van der Waals surface area (Å²) in [4.78, 5) is 34.9. The van der Waals surface area contributed by atoms with Gasteiger partial charge in [0.25, 0.3) is 5.91 Å². The van der Waals surface area contributed by atoms with Crippen LogP contribution in [-0.4, -0.2) is 39.8 Å². The maximum atomic E-state index is 13.0. The minimum atomic E-state index is -0.488. The summed E-state index contributed by atoms with van der Waals surface area (Å²) >= 11 is 0. The van der Waals surface area contributed by atoms with Gasteiger partial charge < -0.3 is 16.0 Å². The van der Waals surface area contributed by atoms with Crippen LogP contribution in [0.3, 0.4) is 0 Å². The van der Waals surface area contributed by atoms with Crippen LogP contribution < -0.4 is 11.1 Å². The molecule has 0 fully saturated rings. The van der Waals surface area contributed by atoms with E-state index in [1.807, 2.05) is 32.9 Å². The zero-order chi connectivity index (χ0) is 20.3. The van der Waals surface area contributed by atoms with Crippen molar-refractivity contribution >= 4 is 46.6 Å². The highest BCUT2D eigenvalue weighted by molar-refractivity contribution is 6.07. The van der Waals surface area contributed by atoms with E-state index < -0.39 is 5.91 Å². The molecule has 0 aliphatic rings. The number of nitrogens with one attached hydrogen (secondary N) is 1. The molecule has 0 bridgehead atoms. The van der Waals surface area contributed by atoms with Crippen molar-refractivity contribution in [2.75, 3.05) is 18.4 Å². The molecule has 2 heterocycles. The average Bonchev–Trinajstić information content (AvgIpc) is 2.69. The number of pyridine rings is 2. The molecule has 8 heteroatoms. The highest BCUT2D eigenvalue weighted by atomic mass is 35.5. The highest BCUT2D eigenvalue weighted by Gasteiger charge is 2.20. The fourth-order valence-electron chi connectivity index (χ4n) is 3.01. The Kier molecular flexibility index (Phi) is 7.12. The molecule has 0 radical (unpaired) electrons. The van der Waals surface area contributed by atoms with Crippen LogP contribution in [0.1, 0.15) is 40.3 Å². The van der Waals surface area contributed by atoms with Crippen LogP contribution in [0.25, 0.3) is 11.0 Å². The van der Waals surface area contributed by atoms with Gasteiger partial charge in [-0.15, -0.1) is 12.4 Å². The van der Waals surface area contributed by atoms with Crippen molar-refractivity contribution in [3.63, 3.8) is 0 Å². The Bertz CT molecular complexity index is 1030. The first-order chi connectivity index (χ1) is 13.4. The smallest absolute Gasteiger partial charge is 0.257 e. The lowest BCUT2D eigenvalue weighted by Crippen LogP contribution is -2.31. The molecule has 0 aliphatic carbocycles. The molecule has 1 aromatic carbocycles. The molecule has 0 spiro atoms. The van der Waals surface area contributed by atoms with Crippen molar-refractivity contribution in [1.29, 1.82) is 0 Å². The number of carbonyl (C=O) groups is 2. The molecule has 3 rings (SSSR count). The number of benzene rings is 1. The van der Waals surface area contributed by atoms with Crippen LogP contribution in [0.2, 0.25) is 0 Å². The zero-order valence-electron chi connectivity index (χ0n) is 16.6. The van der Waals surface area contributed by atoms with E-state index in [2.05, 4.69) is 15.3 Å². The van der Waals surface area contributed by atoms with Gasteiger partial charge in [0.05, 0.1) is 11.3 Å². The molecule has 7 nitrogen and oxygen atoms in total. The SMILES string of the molecule is CCN(CC)C(=O)c1cnc2nc(C)ccc2c1Nc1ccc(C(N)=O)cc1.Cl. The normalized spacial score (nSPS) is 10.3. The Morgan fingerprint density at radius 1 is 1.07 bits per heavy atom. The van der Waals surface area contributed by atoms with Gasteiger partial charge >= 0.3 is 0 Å². The molecule has 2 aromatic heterocycles. The van der Waals surface area contributed by atoms with E-state index in [9.17, 15) is 9.59 Å². The summed E-state index contributed by atoms with van der Waals surface area (Å²) in [7, 11) is 0. The molecule has 3 N–H and O–H groups in total. The molecule has 0 unspecified atom stereocenters. The molecule has 2 amide bonds. The number of rotatable bonds is 6. The van der Waals surface area contributed by atoms with Crippen molar-refractivity contribution in [3.8, 4) is 0 Å². The number of hydrogen-bond donors (Lipinski definition) is 2. The van der Waals surface area contributed by atoms with Gasteiger partial charge in [-0.3, -0.25) is 9.59 Å². The van der Waals surface area contributed by atoms with Crippen LogP contribution in [0.4, 0.5) is 11.4 Å². The number of anilines is 2. The second-order valence-corrected chi connectivity index (χ2v) is 6.41. The number of amides is 2. The van der Waals surface area contributed by atoms with Crippen LogP contribution in [0.15, 0.2) is 42.6 Å². The first-order valence-electron chi connectivity index (χ1n) is 9.17. The lowest BCUT2D eigenvalue weighted by atomic mass is 10.1. The van der Waals surface area contributed by atoms with Crippen molar-refractivity contribution in [2.24, 2.45) is 5.73 Å². The molecular weight excluding hydrogens is 390 g/mol. The fourth-order valence-corrected chi connectivity index (χ4v) is 3.01. The summed E-state index contributed by atoms with van der Waals surface area (Å²) in [6.45, 7) is 6.98. The number of aryl methyl sites for hydroxylation is 1. The summed E-state index contributed by atoms with van der Waals surface area (Å²) in [5.74, 6) is -0.589. The fraction of sp³-hybridized carbons (Fsp3) is 0.238. The quantitative estimate of drug-likeness (QED) is 0.641. The number of halogens is 1. The summed E-state index contributed by atoms with van der Waals surface area (Å²) in [6.07, 6.45) is 1.57. The van der Waals surface area contributed by atoms with Crippen molar-refractivity contribution in [1.82, 2.24) is 14.9 Å². The third-order valence-corrected chi connectivity index (χ3v) is 4.59. The van der Waals surface area contributed by atoms with Gasteiger partial charge in [0.1, 0.15) is 0 Å². The topological polar surface area (TPSA) is 101 Å². The number of nitrogens with zero attached hydrogens (tertiary/aromatic N) is 3. The molecule has 0 saturated heterocycles. The number of fused-ring (bicyclic) bond motifs is 1. The largest absolute Gasteiger partial charge is 0.366 e. The summed E-state index contributed by atoms with van der Waals surface area (Å²) in [6, 6.07) is 10.6. The lowest BCUT2D eigenvalue weighted by Gasteiger charge is -2.21. The van der Waals surface area contributed by atoms with Gasteiger partial charge in [-0.2, -0.15) is 0 Å². The second kappa shape index (κ2) is 9.34. The minimum absolute atomic E-state index is 0. The van der Waals surface area contributed by atoms with E-state index in [4.69, 9.17) is 5.73 Å². The summed E-state index contributed by atoms with van der Waals surface area (Å²) in [5.41, 5.74) is 8.98. The van der Waals surface area contributed by atoms with Gasteiger partial charge in [-0.25, -0.2) is 9.97 Å². The number of hydrogen-bond acceptors (Lipinski definition) is 5. The zero-order valence-corrected chi connectivity index (χ0v) is 17.4. The van der Waals surface area contributed by atoms with Crippen LogP contribution in [0, 0.1) is 6.92 Å². The standard InChI is InChI=1S/C21H23N5O2.ClH/c1-4-26(5-2)21(28)17-12-23-20-16(11-6-13(3)24-20)18(17)25-15-9-7-14(8-10-15)19(22)27;/h6-12H,4-5H2,1-3H3,(H2,22,27)(H,23,24,25);1H. The van der Waals surface area contributed by atoms with E-state index in [0.29, 0.717) is 35.6 Å². The highest BCUT2D eigenvalue weighted by Crippen LogP contribution is 2.29. The molecule has 152 valence electrons. The Hall–Kier alpha value is -3.19. The molecule has 0 atom stereocenters. The van der Waals surface area contributed by atoms with Crippen molar-refractivity contribution < 1.29 is 9.59 Å². The first-order valence-corrected chi connectivity index (χ1v) is 9.17. The van der Waals surface area contributed by atoms with Crippen molar-refractivity contribution in [2.45, 2.75) is 20.8 Å². The monoisotopic (exact) mass is 413 g/mol. The molecule has 0 saturated carbocycles. The Morgan fingerprint density at radius 3 is 2.31 bits per heavy atom. The van der Waals surface area contributed by atoms with E-state index in [-0.39, 0.29) is 18.3 Å². The molecule has 29 heavy (non-hydrogen) atoms. The third-order valence-electron chi connectivity index (χ3n) is 4.59. The Balaban J connectivity index is 0.00000300. The maximum Gasteiger partial charge on any atom is 0.257 e. The summed E-state index contributed by atoms with van der Waals surface area (Å²) < 4.78 is 0. The number of carbonyl (C=O) groups excluding carboxylic acids is 2. The van der Waals surface area contributed by atoms with Gasteiger partial charge in [-0.05, 0) is 57.2 Å². The Labute approximate surface area is 175 Å². The second-order valence-electron chi connectivity index (χ2n) is 6.41. The van der Waals surface area contributed by atoms with Crippen LogP contribution >= 0.6 is 12.4 Å². The molecule has 0 aliphatic heterocycles. The maximum absolute atomic E-state index is 13.0. The van der Waals surface area contributed by atoms with E-state index >= 15 is 0 Å². The molecule has 3 aromatic rings. The number of nitrogens with two attached hydrogens (primary N) is 1. The lowest BCUT2D eigenvalue weighted by molar-refractivity contribution is 0.0773. The number of aromatic nitrogens is 2. The van der Waals surface area contributed by atoms with Crippen LogP contribution in [0.5, 0.6) is 0 Å². The Morgan fingerprint density at radius 2 is 1.72 bits per heavy atom. The van der Waals surface area contributed by atoms with Crippen molar-refractivity contribution in [3.05, 3.63) is 59.4 Å². The van der Waals surface area contributed by atoms with Gasteiger partial charge in [0.15, 0.2) is 5.65 Å². The summed E-state index contributed by atoms with van der Waals surface area (Å²) in [5, 5.41) is 4.06. The van der Waals surface area contributed by atoms with Gasteiger partial charge in [0.2, 0.25) is 5.91 Å². The van der Waals surface area contributed by atoms with E-state index in [1.165, 1.54) is 0 Å². The number of primary amides is 1. The van der Waals surface area contributed by atoms with Gasteiger partial charge in [-0.1, -0.05) is 0 Å². The molecular formula is C21H24ClN5O2. The predicted octanol–water partition coefficient (Wildman–Crippen LogP) is 3.68. The predicted molar refractivity (Wildman–Crippen MR) is 117 cm³/mol. The van der Waals surface area contributed by atoms with Gasteiger partial charge in [0, 0.05) is 41.6 Å². The van der Waals surface area contributed by atoms with E-state index in [1.54, 1.807) is 35.4 Å². The van der Waals surface area contributed by atoms with E-state index in [0.717, 1.165) is 16.8 Å². The minimum Gasteiger partial charge on any atom is -0.366 e.